The van der Waals surface area contributed by atoms with Crippen LogP contribution in [0.1, 0.15) is 25.7 Å². The predicted molar refractivity (Wildman–Crippen MR) is 85.9 cm³/mol. The van der Waals surface area contributed by atoms with Gasteiger partial charge in [0.25, 0.3) is 0 Å². The van der Waals surface area contributed by atoms with Crippen LogP contribution in [0.4, 0.5) is 5.69 Å². The summed E-state index contributed by atoms with van der Waals surface area (Å²) < 4.78 is 0. The second-order valence-corrected chi connectivity index (χ2v) is 5.88. The number of anilines is 1. The summed E-state index contributed by atoms with van der Waals surface area (Å²) in [5.41, 5.74) is 0.893. The second kappa shape index (κ2) is 8.31. The second-order valence-electron chi connectivity index (χ2n) is 5.88. The van der Waals surface area contributed by atoms with Gasteiger partial charge in [0.15, 0.2) is 0 Å². The van der Waals surface area contributed by atoms with Gasteiger partial charge in [0.1, 0.15) is 0 Å². The van der Waals surface area contributed by atoms with Crippen molar-refractivity contribution < 1.29 is 19.5 Å². The van der Waals surface area contributed by atoms with Crippen LogP contribution in [0.25, 0.3) is 0 Å². The molecule has 2 rings (SSSR count). The molecule has 1 aromatic carbocycles. The minimum atomic E-state index is -0.845. The molecule has 124 valence electrons. The van der Waals surface area contributed by atoms with Crippen molar-refractivity contribution in [3.8, 4) is 0 Å². The predicted octanol–water partition coefficient (Wildman–Crippen LogP) is 1.66. The van der Waals surface area contributed by atoms with Gasteiger partial charge >= 0.3 is 5.97 Å². The van der Waals surface area contributed by atoms with Gasteiger partial charge in [-0.25, -0.2) is 0 Å². The van der Waals surface area contributed by atoms with Crippen molar-refractivity contribution in [3.05, 3.63) is 30.3 Å². The molecule has 0 spiro atoms. The van der Waals surface area contributed by atoms with Gasteiger partial charge < -0.3 is 15.3 Å². The summed E-state index contributed by atoms with van der Waals surface area (Å²) in [6.45, 7) is 1.00. The molecule has 1 aliphatic rings. The Kier molecular flexibility index (Phi) is 6.14. The quantitative estimate of drug-likeness (QED) is 0.535. The van der Waals surface area contributed by atoms with E-state index in [4.69, 9.17) is 0 Å². The average molecular weight is 318 g/mol. The number of carboxylic acid groups (broad SMARTS) is 1. The van der Waals surface area contributed by atoms with Gasteiger partial charge in [-0.15, -0.1) is 0 Å². The molecule has 2 amide bonds. The van der Waals surface area contributed by atoms with Crippen LogP contribution in [0.2, 0.25) is 0 Å². The Morgan fingerprint density at radius 2 is 2.09 bits per heavy atom. The van der Waals surface area contributed by atoms with Gasteiger partial charge in [-0.1, -0.05) is 18.2 Å². The number of para-hydroxylation sites is 1. The van der Waals surface area contributed by atoms with E-state index in [1.807, 2.05) is 30.3 Å². The normalized spacial score (nSPS) is 18.7. The Balaban J connectivity index is 1.85. The molecule has 0 bridgehead atoms. The lowest BCUT2D eigenvalue weighted by molar-refractivity contribution is -0.142. The fourth-order valence-corrected chi connectivity index (χ4v) is 2.98. The first-order valence-corrected chi connectivity index (χ1v) is 7.87. The van der Waals surface area contributed by atoms with Crippen molar-refractivity contribution in [2.45, 2.75) is 25.7 Å². The SMILES string of the molecule is O=CNCCC(CCC1CC(=O)N(c2ccccc2)C1)C(=O)O. The van der Waals surface area contributed by atoms with Gasteiger partial charge in [0.2, 0.25) is 12.3 Å². The molecule has 1 fully saturated rings. The average Bonchev–Trinajstić information content (AvgIpc) is 2.92. The molecule has 23 heavy (non-hydrogen) atoms. The smallest absolute Gasteiger partial charge is 0.306 e. The number of carbonyl (C=O) groups is 3. The third-order valence-electron chi connectivity index (χ3n) is 4.27. The van der Waals surface area contributed by atoms with Crippen molar-refractivity contribution in [1.82, 2.24) is 5.32 Å². The molecule has 0 radical (unpaired) electrons. The molecular weight excluding hydrogens is 296 g/mol. The molecule has 1 saturated heterocycles. The van der Waals surface area contributed by atoms with E-state index < -0.39 is 11.9 Å². The third-order valence-corrected chi connectivity index (χ3v) is 4.27. The fourth-order valence-electron chi connectivity index (χ4n) is 2.98. The summed E-state index contributed by atoms with van der Waals surface area (Å²) in [5, 5.41) is 11.7. The van der Waals surface area contributed by atoms with Crippen LogP contribution in [0.3, 0.4) is 0 Å². The standard InChI is InChI=1S/C17H22N2O4/c20-12-18-9-8-14(17(22)23)7-6-13-10-16(21)19(11-13)15-4-2-1-3-5-15/h1-5,12-14H,6-11H2,(H,18,20)(H,22,23). The molecule has 6 nitrogen and oxygen atoms in total. The number of carboxylic acids is 1. The van der Waals surface area contributed by atoms with Crippen molar-refractivity contribution in [3.63, 3.8) is 0 Å². The molecule has 0 aromatic heterocycles. The van der Waals surface area contributed by atoms with Crippen LogP contribution in [0.15, 0.2) is 30.3 Å². The molecule has 2 N–H and O–H groups in total. The summed E-state index contributed by atoms with van der Waals surface area (Å²) >= 11 is 0. The zero-order chi connectivity index (χ0) is 16.7. The van der Waals surface area contributed by atoms with E-state index in [-0.39, 0.29) is 11.8 Å². The number of amides is 2. The van der Waals surface area contributed by atoms with Gasteiger partial charge in [0, 0.05) is 25.2 Å². The Hall–Kier alpha value is -2.37. The maximum atomic E-state index is 12.1. The molecule has 0 aliphatic carbocycles. The zero-order valence-electron chi connectivity index (χ0n) is 13.0. The van der Waals surface area contributed by atoms with Gasteiger partial charge in [0.05, 0.1) is 5.92 Å². The first kappa shape index (κ1) is 17.0. The molecule has 1 heterocycles. The number of nitrogens with zero attached hydrogens (tertiary/aromatic N) is 1. The summed E-state index contributed by atoms with van der Waals surface area (Å²) in [6.07, 6.45) is 2.68. The molecule has 1 aliphatic heterocycles. The van der Waals surface area contributed by atoms with E-state index in [2.05, 4.69) is 5.32 Å². The third kappa shape index (κ3) is 4.81. The van der Waals surface area contributed by atoms with Gasteiger partial charge in [-0.05, 0) is 37.3 Å². The molecule has 0 saturated carbocycles. The highest BCUT2D eigenvalue weighted by molar-refractivity contribution is 5.95. The van der Waals surface area contributed by atoms with Crippen molar-refractivity contribution >= 4 is 24.0 Å². The molecule has 6 heteroatoms. The Morgan fingerprint density at radius 3 is 2.74 bits per heavy atom. The van der Waals surface area contributed by atoms with Crippen molar-refractivity contribution in [2.24, 2.45) is 11.8 Å². The van der Waals surface area contributed by atoms with Crippen molar-refractivity contribution in [1.29, 1.82) is 0 Å². The lowest BCUT2D eigenvalue weighted by Crippen LogP contribution is -2.25. The molecular formula is C17H22N2O4. The van der Waals surface area contributed by atoms with Crippen LogP contribution >= 0.6 is 0 Å². The first-order chi connectivity index (χ1) is 11.1. The van der Waals surface area contributed by atoms with E-state index in [1.54, 1.807) is 4.90 Å². The summed E-state index contributed by atoms with van der Waals surface area (Å²) in [7, 11) is 0. The summed E-state index contributed by atoms with van der Waals surface area (Å²) in [4.78, 5) is 35.4. The van der Waals surface area contributed by atoms with Crippen LogP contribution in [0, 0.1) is 11.8 Å². The number of hydrogen-bond donors (Lipinski definition) is 2. The zero-order valence-corrected chi connectivity index (χ0v) is 13.0. The van der Waals surface area contributed by atoms with E-state index in [9.17, 15) is 19.5 Å². The van der Waals surface area contributed by atoms with E-state index >= 15 is 0 Å². The van der Waals surface area contributed by atoms with Crippen molar-refractivity contribution in [2.75, 3.05) is 18.0 Å². The lowest BCUT2D eigenvalue weighted by atomic mass is 9.93. The number of rotatable bonds is 9. The van der Waals surface area contributed by atoms with Crippen LogP contribution < -0.4 is 10.2 Å². The minimum absolute atomic E-state index is 0.0932. The Bertz CT molecular complexity index is 547. The fraction of sp³-hybridized carbons (Fsp3) is 0.471. The van der Waals surface area contributed by atoms with Gasteiger partial charge in [-0.3, -0.25) is 14.4 Å². The number of benzene rings is 1. The number of nitrogens with one attached hydrogen (secondary N) is 1. The van der Waals surface area contributed by atoms with Crippen LogP contribution in [-0.4, -0.2) is 36.5 Å². The van der Waals surface area contributed by atoms with Gasteiger partial charge in [-0.2, -0.15) is 0 Å². The Morgan fingerprint density at radius 1 is 1.35 bits per heavy atom. The van der Waals surface area contributed by atoms with E-state index in [0.717, 1.165) is 5.69 Å². The maximum absolute atomic E-state index is 12.1. The molecule has 1 aromatic rings. The highest BCUT2D eigenvalue weighted by Crippen LogP contribution is 2.29. The highest BCUT2D eigenvalue weighted by Gasteiger charge is 2.31. The van der Waals surface area contributed by atoms with Crippen LogP contribution in [0.5, 0.6) is 0 Å². The van der Waals surface area contributed by atoms with E-state index in [1.165, 1.54) is 0 Å². The highest BCUT2D eigenvalue weighted by atomic mass is 16.4. The van der Waals surface area contributed by atoms with E-state index in [0.29, 0.717) is 45.2 Å². The summed E-state index contributed by atoms with van der Waals surface area (Å²) in [6, 6.07) is 9.52. The van der Waals surface area contributed by atoms with Crippen LogP contribution in [-0.2, 0) is 14.4 Å². The number of hydrogen-bond acceptors (Lipinski definition) is 3. The number of aliphatic carboxylic acids is 1. The monoisotopic (exact) mass is 318 g/mol. The Labute approximate surface area is 135 Å². The minimum Gasteiger partial charge on any atom is -0.481 e. The molecule has 2 unspecified atom stereocenters. The maximum Gasteiger partial charge on any atom is 0.306 e. The summed E-state index contributed by atoms with van der Waals surface area (Å²) in [5.74, 6) is -1.05. The molecule has 2 atom stereocenters. The largest absolute Gasteiger partial charge is 0.481 e. The first-order valence-electron chi connectivity index (χ1n) is 7.87. The lowest BCUT2D eigenvalue weighted by Gasteiger charge is -2.17. The number of carbonyl (C=O) groups excluding carboxylic acids is 2. The topological polar surface area (TPSA) is 86.7 Å².